The first-order chi connectivity index (χ1) is 6.27. The van der Waals surface area contributed by atoms with E-state index in [0.717, 1.165) is 32.1 Å². The fourth-order valence-corrected chi connectivity index (χ4v) is 1.90. The van der Waals surface area contributed by atoms with Crippen LogP contribution >= 0.6 is 0 Å². The van der Waals surface area contributed by atoms with Gasteiger partial charge in [0.05, 0.1) is 12.1 Å². The van der Waals surface area contributed by atoms with E-state index >= 15 is 0 Å². The summed E-state index contributed by atoms with van der Waals surface area (Å²) >= 11 is 0. The third kappa shape index (κ3) is 3.02. The largest absolute Gasteiger partial charge is 0.392 e. The van der Waals surface area contributed by atoms with Crippen LogP contribution in [0.25, 0.3) is 0 Å². The molecule has 1 aliphatic carbocycles. The maximum Gasteiger partial charge on any atom is 0.0693 e. The Bertz CT molecular complexity index is 185. The maximum atomic E-state index is 9.57. The Balaban J connectivity index is 2.33. The molecule has 0 aromatic carbocycles. The van der Waals surface area contributed by atoms with Crippen LogP contribution in [-0.4, -0.2) is 23.3 Å². The van der Waals surface area contributed by atoms with E-state index in [-0.39, 0.29) is 18.2 Å². The van der Waals surface area contributed by atoms with Crippen molar-refractivity contribution in [2.24, 2.45) is 0 Å². The first-order valence-electron chi connectivity index (χ1n) is 5.18. The molecule has 0 saturated heterocycles. The van der Waals surface area contributed by atoms with Gasteiger partial charge in [-0.05, 0) is 25.7 Å². The average Bonchev–Trinajstić information content (AvgIpc) is 2.51. The fraction of sp³-hybridized carbons (Fsp3) is 0.818. The molecule has 0 aromatic rings. The number of aliphatic hydroxyl groups excluding tert-OH is 1. The van der Waals surface area contributed by atoms with E-state index in [1.54, 1.807) is 0 Å². The lowest BCUT2D eigenvalue weighted by Gasteiger charge is -2.20. The van der Waals surface area contributed by atoms with Gasteiger partial charge in [-0.2, -0.15) is 0 Å². The lowest BCUT2D eigenvalue weighted by atomic mass is 10.1. The van der Waals surface area contributed by atoms with Crippen LogP contribution < -0.4 is 5.32 Å². The van der Waals surface area contributed by atoms with Crippen LogP contribution in [0.15, 0.2) is 0 Å². The monoisotopic (exact) mass is 181 g/mol. The molecule has 13 heavy (non-hydrogen) atoms. The SMILES string of the molecule is C#CC(CCC)N[C@@H]1CCC[C@H]1O. The molecule has 1 rings (SSSR count). The van der Waals surface area contributed by atoms with Crippen molar-refractivity contribution in [3.63, 3.8) is 0 Å². The number of terminal acetylenes is 1. The molecule has 0 heterocycles. The van der Waals surface area contributed by atoms with Gasteiger partial charge in [0.2, 0.25) is 0 Å². The summed E-state index contributed by atoms with van der Waals surface area (Å²) in [6.07, 6.45) is 10.4. The van der Waals surface area contributed by atoms with Crippen LogP contribution in [0.3, 0.4) is 0 Å². The van der Waals surface area contributed by atoms with Crippen molar-refractivity contribution in [1.29, 1.82) is 0 Å². The Morgan fingerprint density at radius 1 is 1.62 bits per heavy atom. The van der Waals surface area contributed by atoms with E-state index in [4.69, 9.17) is 6.42 Å². The summed E-state index contributed by atoms with van der Waals surface area (Å²) in [5.41, 5.74) is 0. The summed E-state index contributed by atoms with van der Waals surface area (Å²) in [7, 11) is 0. The van der Waals surface area contributed by atoms with Gasteiger partial charge >= 0.3 is 0 Å². The molecule has 1 aliphatic rings. The first kappa shape index (κ1) is 10.6. The average molecular weight is 181 g/mol. The van der Waals surface area contributed by atoms with E-state index in [9.17, 15) is 5.11 Å². The van der Waals surface area contributed by atoms with Crippen LogP contribution in [0.4, 0.5) is 0 Å². The fourth-order valence-electron chi connectivity index (χ4n) is 1.90. The standard InChI is InChI=1S/C11H19NO/c1-3-6-9(4-2)12-10-7-5-8-11(10)13/h2,9-13H,3,5-8H2,1H3/t9?,10-,11-/m1/s1. The Labute approximate surface area is 80.7 Å². The predicted molar refractivity (Wildman–Crippen MR) is 54.3 cm³/mol. The second kappa shape index (κ2) is 5.26. The number of hydrogen-bond acceptors (Lipinski definition) is 2. The third-order valence-electron chi connectivity index (χ3n) is 2.67. The number of aliphatic hydroxyl groups is 1. The molecule has 2 nitrogen and oxygen atoms in total. The minimum absolute atomic E-state index is 0.141. The first-order valence-corrected chi connectivity index (χ1v) is 5.18. The molecule has 3 atom stereocenters. The van der Waals surface area contributed by atoms with Crippen molar-refractivity contribution in [3.8, 4) is 12.3 Å². The molecule has 1 saturated carbocycles. The summed E-state index contributed by atoms with van der Waals surface area (Å²) < 4.78 is 0. The highest BCUT2D eigenvalue weighted by Crippen LogP contribution is 2.19. The highest BCUT2D eigenvalue weighted by Gasteiger charge is 2.26. The molecule has 0 bridgehead atoms. The highest BCUT2D eigenvalue weighted by atomic mass is 16.3. The molecule has 0 radical (unpaired) electrons. The normalized spacial score (nSPS) is 29.9. The molecule has 2 N–H and O–H groups in total. The van der Waals surface area contributed by atoms with Crippen molar-refractivity contribution in [1.82, 2.24) is 5.32 Å². The summed E-state index contributed by atoms with van der Waals surface area (Å²) in [6.45, 7) is 2.12. The predicted octanol–water partition coefficient (Wildman–Crippen LogP) is 1.29. The maximum absolute atomic E-state index is 9.57. The second-order valence-corrected chi connectivity index (χ2v) is 3.78. The van der Waals surface area contributed by atoms with Gasteiger partial charge in [0.1, 0.15) is 0 Å². The number of hydrogen-bond donors (Lipinski definition) is 2. The molecule has 1 unspecified atom stereocenters. The van der Waals surface area contributed by atoms with Crippen LogP contribution in [0.2, 0.25) is 0 Å². The number of rotatable bonds is 4. The van der Waals surface area contributed by atoms with E-state index in [2.05, 4.69) is 18.2 Å². The molecule has 0 aromatic heterocycles. The third-order valence-corrected chi connectivity index (χ3v) is 2.67. The molecular formula is C11H19NO. The molecule has 2 heteroatoms. The van der Waals surface area contributed by atoms with Crippen molar-refractivity contribution < 1.29 is 5.11 Å². The van der Waals surface area contributed by atoms with E-state index in [1.807, 2.05) is 0 Å². The van der Waals surface area contributed by atoms with Gasteiger partial charge in [-0.3, -0.25) is 5.32 Å². The zero-order valence-electron chi connectivity index (χ0n) is 8.29. The Morgan fingerprint density at radius 2 is 2.38 bits per heavy atom. The molecule has 74 valence electrons. The smallest absolute Gasteiger partial charge is 0.0693 e. The minimum atomic E-state index is -0.187. The van der Waals surface area contributed by atoms with Crippen molar-refractivity contribution in [2.45, 2.75) is 57.2 Å². The van der Waals surface area contributed by atoms with Crippen LogP contribution in [0.1, 0.15) is 39.0 Å². The number of nitrogens with one attached hydrogen (secondary N) is 1. The Kier molecular flexibility index (Phi) is 4.27. The summed E-state index contributed by atoms with van der Waals surface area (Å²) in [4.78, 5) is 0. The quantitative estimate of drug-likeness (QED) is 0.641. The summed E-state index contributed by atoms with van der Waals surface area (Å²) in [5, 5.41) is 12.9. The van der Waals surface area contributed by atoms with Gasteiger partial charge in [0, 0.05) is 6.04 Å². The van der Waals surface area contributed by atoms with Crippen LogP contribution in [0.5, 0.6) is 0 Å². The van der Waals surface area contributed by atoms with Gasteiger partial charge in [-0.1, -0.05) is 19.3 Å². The Morgan fingerprint density at radius 3 is 2.85 bits per heavy atom. The van der Waals surface area contributed by atoms with Gasteiger partial charge < -0.3 is 5.11 Å². The summed E-state index contributed by atoms with van der Waals surface area (Å²) in [5.74, 6) is 2.73. The van der Waals surface area contributed by atoms with Crippen molar-refractivity contribution in [3.05, 3.63) is 0 Å². The van der Waals surface area contributed by atoms with Crippen LogP contribution in [-0.2, 0) is 0 Å². The van der Waals surface area contributed by atoms with Crippen molar-refractivity contribution >= 4 is 0 Å². The lowest BCUT2D eigenvalue weighted by Crippen LogP contribution is -2.41. The zero-order valence-corrected chi connectivity index (χ0v) is 8.29. The topological polar surface area (TPSA) is 32.3 Å². The van der Waals surface area contributed by atoms with E-state index in [1.165, 1.54) is 0 Å². The zero-order chi connectivity index (χ0) is 9.68. The van der Waals surface area contributed by atoms with E-state index < -0.39 is 0 Å². The van der Waals surface area contributed by atoms with Crippen molar-refractivity contribution in [2.75, 3.05) is 0 Å². The molecular weight excluding hydrogens is 162 g/mol. The second-order valence-electron chi connectivity index (χ2n) is 3.78. The van der Waals surface area contributed by atoms with Gasteiger partial charge in [-0.25, -0.2) is 0 Å². The van der Waals surface area contributed by atoms with E-state index in [0.29, 0.717) is 0 Å². The van der Waals surface area contributed by atoms with Crippen LogP contribution in [0, 0.1) is 12.3 Å². The van der Waals surface area contributed by atoms with Gasteiger partial charge in [0.15, 0.2) is 0 Å². The summed E-state index contributed by atoms with van der Waals surface area (Å²) in [6, 6.07) is 0.371. The highest BCUT2D eigenvalue weighted by molar-refractivity contribution is 5.01. The molecule has 0 spiro atoms. The Hall–Kier alpha value is -0.520. The minimum Gasteiger partial charge on any atom is -0.392 e. The molecule has 0 aliphatic heterocycles. The van der Waals surface area contributed by atoms with Gasteiger partial charge in [-0.15, -0.1) is 6.42 Å². The van der Waals surface area contributed by atoms with Gasteiger partial charge in [0.25, 0.3) is 0 Å². The molecule has 0 amide bonds. The lowest BCUT2D eigenvalue weighted by molar-refractivity contribution is 0.145. The molecule has 1 fully saturated rings.